The van der Waals surface area contributed by atoms with Crippen LogP contribution in [0.3, 0.4) is 0 Å². The van der Waals surface area contributed by atoms with Crippen molar-refractivity contribution in [2.24, 2.45) is 23.7 Å². The number of aromatic nitrogens is 3. The molecule has 6 rings (SSSR count). The maximum absolute atomic E-state index is 14.3. The number of ketones is 1. The SMILES string of the molecule is CCc1c2[n-]c(c1C)/C=C1\[N-]/C(=C3\c4[n-]c(c(C)c4C(=O)[C@@H]3C(=O)OC)/C=c3\[n-]/c(c(C=O)c3CC)=C\2)[C@@H](CCC(=O)OC/C=C(\C)CCCC(C)C)[C@@H]1C.[Mg+2]. The first-order valence-electron chi connectivity index (χ1n) is 19.6. The summed E-state index contributed by atoms with van der Waals surface area (Å²) in [7, 11) is 1.27. The van der Waals surface area contributed by atoms with E-state index in [0.29, 0.717) is 68.8 Å². The number of Topliss-reactive ketones (excluding diaryl/α,β-unsaturated/α-hetero) is 1. The molecule has 1 aliphatic carbocycles. The number of ether oxygens (including phenoxy) is 2. The zero-order chi connectivity index (χ0) is 39.7. The Morgan fingerprint density at radius 1 is 0.929 bits per heavy atom. The van der Waals surface area contributed by atoms with Crippen LogP contribution in [-0.4, -0.2) is 60.8 Å². The minimum atomic E-state index is -1.25. The van der Waals surface area contributed by atoms with Gasteiger partial charge in [0.1, 0.15) is 18.8 Å². The van der Waals surface area contributed by atoms with Crippen molar-refractivity contribution in [2.75, 3.05) is 13.7 Å². The molecule has 0 radical (unpaired) electrons. The predicted molar refractivity (Wildman–Crippen MR) is 218 cm³/mol. The molecule has 5 heterocycles. The van der Waals surface area contributed by atoms with E-state index >= 15 is 0 Å². The van der Waals surface area contributed by atoms with Crippen LogP contribution in [0.15, 0.2) is 23.0 Å². The minimum absolute atomic E-state index is 0. The van der Waals surface area contributed by atoms with E-state index in [1.807, 2.05) is 52.0 Å². The molecule has 0 amide bonds. The fraction of sp³-hybridized carbons (Fsp3) is 0.467. The van der Waals surface area contributed by atoms with E-state index in [0.717, 1.165) is 65.7 Å². The number of methoxy groups -OCH3 is 1. The van der Waals surface area contributed by atoms with Gasteiger partial charge in [-0.2, -0.15) is 11.4 Å². The van der Waals surface area contributed by atoms with E-state index in [4.69, 9.17) is 29.7 Å². The van der Waals surface area contributed by atoms with E-state index in [1.54, 1.807) is 0 Å². The van der Waals surface area contributed by atoms with Crippen molar-refractivity contribution in [2.45, 2.75) is 100 Å². The van der Waals surface area contributed by atoms with Crippen molar-refractivity contribution in [3.8, 4) is 0 Å². The van der Waals surface area contributed by atoms with Crippen LogP contribution in [0.4, 0.5) is 0 Å². The molecule has 0 spiro atoms. The second-order valence-electron chi connectivity index (χ2n) is 15.5. The summed E-state index contributed by atoms with van der Waals surface area (Å²) in [4.78, 5) is 68.4. The molecule has 0 N–H and O–H groups in total. The van der Waals surface area contributed by atoms with Gasteiger partial charge in [0.15, 0.2) is 5.78 Å². The van der Waals surface area contributed by atoms with Gasteiger partial charge in [-0.3, -0.25) is 19.2 Å². The quantitative estimate of drug-likeness (QED) is 0.0656. The molecule has 10 nitrogen and oxygen atoms in total. The van der Waals surface area contributed by atoms with E-state index in [-0.39, 0.29) is 53.9 Å². The smallest absolute Gasteiger partial charge is 0.664 e. The molecule has 3 aromatic rings. The van der Waals surface area contributed by atoms with Gasteiger partial charge in [-0.1, -0.05) is 92.7 Å². The Morgan fingerprint density at radius 3 is 2.29 bits per heavy atom. The minimum Gasteiger partial charge on any atom is -0.664 e. The van der Waals surface area contributed by atoms with Gasteiger partial charge in [-0.25, -0.2) is 0 Å². The molecule has 2 aliphatic heterocycles. The third-order valence-corrected chi connectivity index (χ3v) is 11.5. The Morgan fingerprint density at radius 2 is 1.62 bits per heavy atom. The Balaban J connectivity index is 0.00000600. The second-order valence-corrected chi connectivity index (χ2v) is 15.5. The molecule has 56 heavy (non-hydrogen) atoms. The monoisotopic (exact) mass is 768 g/mol. The molecule has 1 saturated heterocycles. The average molecular weight is 769 g/mol. The van der Waals surface area contributed by atoms with Crippen LogP contribution in [0, 0.1) is 37.5 Å². The number of esters is 2. The molecule has 0 aromatic carbocycles. The Kier molecular flexibility index (Phi) is 13.6. The zero-order valence-corrected chi connectivity index (χ0v) is 35.7. The summed E-state index contributed by atoms with van der Waals surface area (Å²) in [5.74, 6) is -2.54. The van der Waals surface area contributed by atoms with Crippen LogP contribution < -0.4 is 25.7 Å². The van der Waals surface area contributed by atoms with Crippen LogP contribution in [0.5, 0.6) is 0 Å². The maximum atomic E-state index is 14.3. The summed E-state index contributed by atoms with van der Waals surface area (Å²) in [5.41, 5.74) is 9.53. The number of nitrogens with zero attached hydrogens (tertiary/aromatic N) is 4. The molecular weight excluding hydrogens is 717 g/mol. The first-order chi connectivity index (χ1) is 26.3. The molecule has 3 aromatic heterocycles. The van der Waals surface area contributed by atoms with Crippen molar-refractivity contribution < 1.29 is 28.7 Å². The van der Waals surface area contributed by atoms with Crippen molar-refractivity contribution in [3.63, 3.8) is 0 Å². The molecule has 11 heteroatoms. The fourth-order valence-electron chi connectivity index (χ4n) is 8.33. The molecule has 0 unspecified atom stereocenters. The van der Waals surface area contributed by atoms with Gasteiger partial charge >= 0.3 is 35.0 Å². The summed E-state index contributed by atoms with van der Waals surface area (Å²) in [6.07, 6.45) is 13.5. The predicted octanol–water partition coefficient (Wildman–Crippen LogP) is 6.18. The Bertz CT molecular complexity index is 2260. The number of allylic oxidation sites excluding steroid dienone is 3. The number of aldehydes is 1. The number of hydrogen-bond acceptors (Lipinski definition) is 6. The van der Waals surface area contributed by atoms with E-state index in [1.165, 1.54) is 12.7 Å². The zero-order valence-electron chi connectivity index (χ0n) is 34.3. The van der Waals surface area contributed by atoms with Gasteiger partial charge in [0.05, 0.1) is 7.11 Å². The second kappa shape index (κ2) is 17.8. The topological polar surface area (TPSA) is 143 Å². The number of rotatable bonds is 13. The van der Waals surface area contributed by atoms with Crippen LogP contribution in [0.25, 0.3) is 29.1 Å². The van der Waals surface area contributed by atoms with Gasteiger partial charge in [0.25, 0.3) is 0 Å². The molecule has 0 saturated carbocycles. The van der Waals surface area contributed by atoms with Crippen LogP contribution >= 0.6 is 0 Å². The number of carbonyl (C=O) groups is 4. The van der Waals surface area contributed by atoms with E-state index < -0.39 is 17.7 Å². The van der Waals surface area contributed by atoms with Crippen LogP contribution in [0.2, 0.25) is 0 Å². The third-order valence-electron chi connectivity index (χ3n) is 11.5. The Labute approximate surface area is 345 Å². The molecule has 8 bridgehead atoms. The van der Waals surface area contributed by atoms with E-state index in [9.17, 15) is 19.2 Å². The van der Waals surface area contributed by atoms with Crippen LogP contribution in [-0.2, 0) is 31.9 Å². The molecule has 1 fully saturated rings. The van der Waals surface area contributed by atoms with Crippen LogP contribution in [0.1, 0.15) is 139 Å². The van der Waals surface area contributed by atoms with Crippen molar-refractivity contribution in [1.82, 2.24) is 15.0 Å². The summed E-state index contributed by atoms with van der Waals surface area (Å²) in [5, 5.41) is 6.31. The average Bonchev–Trinajstić information content (AvgIpc) is 3.90. The molecular formula is C45H52MgN4O6-2. The van der Waals surface area contributed by atoms with E-state index in [2.05, 4.69) is 27.7 Å². The summed E-state index contributed by atoms with van der Waals surface area (Å²) < 4.78 is 10.9. The standard InChI is InChI=1S/C45H53N4O6.Mg/c1-10-28-25(6)32-19-33-26(7)30(15-16-38(51)55-18-17-24(5)14-12-13-23(3)4)42(48-33)40-41(45(53)54-9)44(52)39-27(8)34(49-43(39)40)20-36-29(11-2)31(22-50)37(47-36)21-35(28)46-32;/h17,19-23,26,30,41H,10-16,18H2,1-9H3,(H-,48,49,50,52);/q-3;+2/p-1/b24-17+,33-19-,37-21-;/t26-,30-,41+;/m0./s1. The number of hydrogen-bond donors (Lipinski definition) is 0. The normalized spacial score (nSPS) is 22.0. The summed E-state index contributed by atoms with van der Waals surface area (Å²) in [6.45, 7) is 16.6. The molecule has 3 aliphatic rings. The van der Waals surface area contributed by atoms with Gasteiger partial charge in [0.2, 0.25) is 0 Å². The van der Waals surface area contributed by atoms with Gasteiger partial charge in [-0.15, -0.1) is 33.5 Å². The Hall–Kier alpha value is -4.35. The van der Waals surface area contributed by atoms with Crippen molar-refractivity contribution in [3.05, 3.63) is 95.2 Å². The van der Waals surface area contributed by atoms with Gasteiger partial charge < -0.3 is 29.7 Å². The number of carbonyl (C=O) groups excluding carboxylic acids is 4. The summed E-state index contributed by atoms with van der Waals surface area (Å²) in [6, 6.07) is 0. The largest absolute Gasteiger partial charge is 2.00 e. The number of fused-ring (bicyclic) bond motifs is 7. The van der Waals surface area contributed by atoms with Crippen molar-refractivity contribution in [1.29, 1.82) is 0 Å². The molecule has 292 valence electrons. The molecule has 3 atom stereocenters. The fourth-order valence-corrected chi connectivity index (χ4v) is 8.33. The van der Waals surface area contributed by atoms with Gasteiger partial charge in [-0.05, 0) is 76.7 Å². The maximum Gasteiger partial charge on any atom is 2.00 e. The summed E-state index contributed by atoms with van der Waals surface area (Å²) >= 11 is 0. The first kappa shape index (κ1) is 42.8. The first-order valence-corrected chi connectivity index (χ1v) is 19.6. The van der Waals surface area contributed by atoms with Gasteiger partial charge in [0, 0.05) is 17.5 Å². The van der Waals surface area contributed by atoms with Crippen molar-refractivity contribution >= 4 is 70.9 Å². The third kappa shape index (κ3) is 8.07.